The van der Waals surface area contributed by atoms with Crippen molar-refractivity contribution < 1.29 is 30.6 Å². The summed E-state index contributed by atoms with van der Waals surface area (Å²) in [5, 5.41) is 36.0. The van der Waals surface area contributed by atoms with E-state index in [1.165, 1.54) is 6.92 Å². The van der Waals surface area contributed by atoms with Crippen LogP contribution in [0.3, 0.4) is 0 Å². The van der Waals surface area contributed by atoms with Gasteiger partial charge >= 0.3 is 0 Å². The van der Waals surface area contributed by atoms with Gasteiger partial charge in [-0.3, -0.25) is 0 Å². The molecule has 1 fully saturated rings. The minimum absolute atomic E-state index is 0. The van der Waals surface area contributed by atoms with E-state index in [4.69, 9.17) is 20.4 Å². The van der Waals surface area contributed by atoms with Gasteiger partial charge in [-0.15, -0.1) is 0 Å². The highest BCUT2D eigenvalue weighted by Crippen LogP contribution is 2.18. The van der Waals surface area contributed by atoms with Crippen molar-refractivity contribution >= 4 is 0 Å². The maximum absolute atomic E-state index is 9.09. The Kier molecular flexibility index (Phi) is 4.04. The molecular formula is C6H14O6. The van der Waals surface area contributed by atoms with Crippen molar-refractivity contribution in [1.82, 2.24) is 0 Å². The van der Waals surface area contributed by atoms with E-state index in [1.54, 1.807) is 0 Å². The maximum Gasteiger partial charge on any atom is 0.183 e. The number of hydrogen-bond acceptors (Lipinski definition) is 5. The zero-order chi connectivity index (χ0) is 8.59. The summed E-state index contributed by atoms with van der Waals surface area (Å²) in [7, 11) is 0. The van der Waals surface area contributed by atoms with Crippen LogP contribution in [0.1, 0.15) is 6.92 Å². The van der Waals surface area contributed by atoms with Gasteiger partial charge in [0.25, 0.3) is 0 Å². The molecule has 2 unspecified atom stereocenters. The molecule has 1 saturated heterocycles. The molecule has 1 aliphatic rings. The van der Waals surface area contributed by atoms with E-state index >= 15 is 0 Å². The molecule has 0 aliphatic carbocycles. The van der Waals surface area contributed by atoms with Gasteiger partial charge in [0.05, 0.1) is 6.10 Å². The zero-order valence-corrected chi connectivity index (χ0v) is 6.58. The van der Waals surface area contributed by atoms with Crippen LogP contribution in [-0.2, 0) is 4.74 Å². The molecule has 1 heterocycles. The molecule has 6 nitrogen and oxygen atoms in total. The van der Waals surface area contributed by atoms with Crippen LogP contribution < -0.4 is 0 Å². The molecule has 0 spiro atoms. The monoisotopic (exact) mass is 182 g/mol. The van der Waals surface area contributed by atoms with Crippen LogP contribution in [0.4, 0.5) is 0 Å². The Morgan fingerprint density at radius 2 is 1.42 bits per heavy atom. The molecule has 12 heavy (non-hydrogen) atoms. The fourth-order valence-electron chi connectivity index (χ4n) is 1.03. The van der Waals surface area contributed by atoms with Gasteiger partial charge < -0.3 is 30.6 Å². The Morgan fingerprint density at radius 3 is 1.92 bits per heavy atom. The molecule has 6 heteroatoms. The highest BCUT2D eigenvalue weighted by atomic mass is 16.6. The van der Waals surface area contributed by atoms with Crippen LogP contribution in [0, 0.1) is 0 Å². The van der Waals surface area contributed by atoms with Crippen LogP contribution >= 0.6 is 0 Å². The summed E-state index contributed by atoms with van der Waals surface area (Å²) in [5.41, 5.74) is 0. The van der Waals surface area contributed by atoms with Crippen LogP contribution in [-0.4, -0.2) is 56.6 Å². The first kappa shape index (κ1) is 11.8. The molecule has 1 rings (SSSR count). The van der Waals surface area contributed by atoms with Gasteiger partial charge in [-0.2, -0.15) is 0 Å². The molecule has 0 saturated carbocycles. The first-order valence-electron chi connectivity index (χ1n) is 3.41. The van der Waals surface area contributed by atoms with Gasteiger partial charge in [0, 0.05) is 0 Å². The van der Waals surface area contributed by atoms with Crippen LogP contribution in [0.25, 0.3) is 0 Å². The standard InChI is InChI=1S/C6H12O5.H2O/c1-2-3(7)4(8)5(9)6(10)11-2;/h2-10H,1H3;1H2/t2?,3-,4-,5?,6+;/m0./s1. The van der Waals surface area contributed by atoms with Crippen LogP contribution in [0.2, 0.25) is 0 Å². The predicted molar refractivity (Wildman–Crippen MR) is 38.2 cm³/mol. The van der Waals surface area contributed by atoms with Crippen LogP contribution in [0.5, 0.6) is 0 Å². The second-order valence-electron chi connectivity index (χ2n) is 2.70. The summed E-state index contributed by atoms with van der Waals surface area (Å²) >= 11 is 0. The lowest BCUT2D eigenvalue weighted by Gasteiger charge is -2.36. The fourth-order valence-corrected chi connectivity index (χ4v) is 1.03. The van der Waals surface area contributed by atoms with Crippen molar-refractivity contribution in [1.29, 1.82) is 0 Å². The fraction of sp³-hybridized carbons (Fsp3) is 1.00. The summed E-state index contributed by atoms with van der Waals surface area (Å²) in [6, 6.07) is 0. The summed E-state index contributed by atoms with van der Waals surface area (Å²) in [5.74, 6) is 0. The molecular weight excluding hydrogens is 168 g/mol. The third-order valence-corrected chi connectivity index (χ3v) is 1.83. The minimum atomic E-state index is -1.43. The van der Waals surface area contributed by atoms with Crippen molar-refractivity contribution in [2.45, 2.75) is 37.6 Å². The minimum Gasteiger partial charge on any atom is -0.412 e. The summed E-state index contributed by atoms with van der Waals surface area (Å²) in [6.45, 7) is 1.50. The van der Waals surface area contributed by atoms with Crippen molar-refractivity contribution in [3.63, 3.8) is 0 Å². The molecule has 0 aromatic rings. The lowest BCUT2D eigenvalue weighted by Crippen LogP contribution is -2.56. The first-order valence-corrected chi connectivity index (χ1v) is 3.41. The molecule has 1 aliphatic heterocycles. The van der Waals surface area contributed by atoms with Gasteiger partial charge in [0.15, 0.2) is 6.29 Å². The molecule has 0 aromatic carbocycles. The van der Waals surface area contributed by atoms with E-state index in [0.29, 0.717) is 0 Å². The van der Waals surface area contributed by atoms with E-state index in [-0.39, 0.29) is 5.48 Å². The smallest absolute Gasteiger partial charge is 0.183 e. The number of rotatable bonds is 0. The number of hydrogen-bond donors (Lipinski definition) is 4. The zero-order valence-electron chi connectivity index (χ0n) is 6.58. The van der Waals surface area contributed by atoms with Gasteiger partial charge in [0.2, 0.25) is 0 Å². The van der Waals surface area contributed by atoms with Crippen molar-refractivity contribution in [2.75, 3.05) is 0 Å². The largest absolute Gasteiger partial charge is 0.412 e. The average molecular weight is 182 g/mol. The molecule has 74 valence electrons. The summed E-state index contributed by atoms with van der Waals surface area (Å²) in [6.07, 6.45) is -5.99. The topological polar surface area (TPSA) is 122 Å². The third-order valence-electron chi connectivity index (χ3n) is 1.83. The second-order valence-corrected chi connectivity index (χ2v) is 2.70. The van der Waals surface area contributed by atoms with E-state index in [2.05, 4.69) is 4.74 Å². The van der Waals surface area contributed by atoms with Gasteiger partial charge in [0.1, 0.15) is 18.3 Å². The highest BCUT2D eigenvalue weighted by Gasteiger charge is 2.40. The third kappa shape index (κ3) is 1.92. The number of aliphatic hydroxyl groups excluding tert-OH is 4. The van der Waals surface area contributed by atoms with E-state index in [0.717, 1.165) is 0 Å². The van der Waals surface area contributed by atoms with Gasteiger partial charge in [-0.25, -0.2) is 0 Å². The normalized spacial score (nSPS) is 48.2. The van der Waals surface area contributed by atoms with Gasteiger partial charge in [-0.1, -0.05) is 0 Å². The Morgan fingerprint density at radius 1 is 0.917 bits per heavy atom. The SMILES string of the molecule is CC1O[C@@H](O)C(O)[C@@H](O)[C@H]1O.O. The highest BCUT2D eigenvalue weighted by molar-refractivity contribution is 4.86. The number of aliphatic hydroxyl groups is 4. The quantitative estimate of drug-likeness (QED) is 0.317. The summed E-state index contributed by atoms with van der Waals surface area (Å²) in [4.78, 5) is 0. The lowest BCUT2D eigenvalue weighted by molar-refractivity contribution is -0.277. The Hall–Kier alpha value is -0.240. The van der Waals surface area contributed by atoms with Crippen molar-refractivity contribution in [3.05, 3.63) is 0 Å². The Balaban J connectivity index is 0.00000121. The first-order chi connectivity index (χ1) is 5.04. The van der Waals surface area contributed by atoms with E-state index in [1.807, 2.05) is 0 Å². The molecule has 0 aromatic heterocycles. The molecule has 6 N–H and O–H groups in total. The van der Waals surface area contributed by atoms with Gasteiger partial charge in [-0.05, 0) is 6.92 Å². The lowest BCUT2D eigenvalue weighted by atomic mass is 10.0. The van der Waals surface area contributed by atoms with Crippen molar-refractivity contribution in [3.8, 4) is 0 Å². The summed E-state index contributed by atoms with van der Waals surface area (Å²) < 4.78 is 4.68. The molecule has 0 bridgehead atoms. The average Bonchev–Trinajstić information content (AvgIpc) is 1.97. The van der Waals surface area contributed by atoms with E-state index < -0.39 is 30.7 Å². The number of ether oxygens (including phenoxy) is 1. The maximum atomic E-state index is 9.09. The molecule has 0 radical (unpaired) electrons. The Labute approximate surface area is 69.3 Å². The predicted octanol–water partition coefficient (Wildman–Crippen LogP) is -3.02. The molecule has 5 atom stereocenters. The van der Waals surface area contributed by atoms with E-state index in [9.17, 15) is 0 Å². The second kappa shape index (κ2) is 4.13. The van der Waals surface area contributed by atoms with Crippen molar-refractivity contribution in [2.24, 2.45) is 0 Å². The molecule has 0 amide bonds. The van der Waals surface area contributed by atoms with Crippen LogP contribution in [0.15, 0.2) is 0 Å². The Bertz CT molecular complexity index is 126.